The molecule has 4 nitrogen and oxygen atoms in total. The lowest BCUT2D eigenvalue weighted by molar-refractivity contribution is -0.130. The maximum atomic E-state index is 11.7. The zero-order chi connectivity index (χ0) is 12.7. The smallest absolute Gasteiger partial charge is 0.222 e. The van der Waals surface area contributed by atoms with E-state index in [4.69, 9.17) is 10.5 Å². The molecule has 0 unspecified atom stereocenters. The van der Waals surface area contributed by atoms with Crippen LogP contribution in [0.3, 0.4) is 0 Å². The number of ether oxygens (including phenoxy) is 1. The zero-order valence-corrected chi connectivity index (χ0v) is 10.5. The molecule has 0 heterocycles. The molecule has 1 aromatic carbocycles. The summed E-state index contributed by atoms with van der Waals surface area (Å²) in [5, 5.41) is 0. The highest BCUT2D eigenvalue weighted by atomic mass is 16.5. The Labute approximate surface area is 102 Å². The van der Waals surface area contributed by atoms with Gasteiger partial charge >= 0.3 is 0 Å². The lowest BCUT2D eigenvalue weighted by atomic mass is 10.2. The van der Waals surface area contributed by atoms with Gasteiger partial charge in [0.05, 0.1) is 7.11 Å². The van der Waals surface area contributed by atoms with E-state index < -0.39 is 0 Å². The Kier molecular flexibility index (Phi) is 5.49. The lowest BCUT2D eigenvalue weighted by Crippen LogP contribution is -2.26. The third-order valence-electron chi connectivity index (χ3n) is 2.60. The molecule has 2 N–H and O–H groups in total. The molecule has 1 rings (SSSR count). The van der Waals surface area contributed by atoms with E-state index in [1.54, 1.807) is 12.0 Å². The van der Waals surface area contributed by atoms with Crippen molar-refractivity contribution in [3.05, 3.63) is 29.8 Å². The van der Waals surface area contributed by atoms with Crippen LogP contribution < -0.4 is 10.5 Å². The highest BCUT2D eigenvalue weighted by Gasteiger charge is 2.08. The monoisotopic (exact) mass is 236 g/mol. The Bertz CT molecular complexity index is 349. The third-order valence-corrected chi connectivity index (χ3v) is 2.60. The fraction of sp³-hybridized carbons (Fsp3) is 0.462. The van der Waals surface area contributed by atoms with Gasteiger partial charge in [0.25, 0.3) is 0 Å². The quantitative estimate of drug-likeness (QED) is 0.812. The van der Waals surface area contributed by atoms with Crippen LogP contribution in [0.5, 0.6) is 5.75 Å². The summed E-state index contributed by atoms with van der Waals surface area (Å²) in [7, 11) is 3.44. The van der Waals surface area contributed by atoms with Gasteiger partial charge in [0, 0.05) is 20.0 Å². The normalized spacial score (nSPS) is 10.1. The average molecular weight is 236 g/mol. The van der Waals surface area contributed by atoms with Crippen molar-refractivity contribution in [2.24, 2.45) is 5.73 Å². The Hall–Kier alpha value is -1.55. The highest BCUT2D eigenvalue weighted by Crippen LogP contribution is 2.12. The third kappa shape index (κ3) is 4.44. The average Bonchev–Trinajstić information content (AvgIpc) is 2.36. The van der Waals surface area contributed by atoms with Gasteiger partial charge in [-0.15, -0.1) is 0 Å². The molecule has 1 amide bonds. The van der Waals surface area contributed by atoms with Gasteiger partial charge in [0.1, 0.15) is 5.75 Å². The van der Waals surface area contributed by atoms with Crippen molar-refractivity contribution in [1.82, 2.24) is 4.90 Å². The largest absolute Gasteiger partial charge is 0.497 e. The van der Waals surface area contributed by atoms with Crippen LogP contribution in [0.2, 0.25) is 0 Å². The summed E-state index contributed by atoms with van der Waals surface area (Å²) in [6.45, 7) is 1.18. The fourth-order valence-electron chi connectivity index (χ4n) is 1.54. The van der Waals surface area contributed by atoms with Crippen molar-refractivity contribution >= 4 is 5.91 Å². The molecule has 0 aliphatic heterocycles. The topological polar surface area (TPSA) is 55.6 Å². The van der Waals surface area contributed by atoms with E-state index in [9.17, 15) is 4.79 Å². The number of carbonyl (C=O) groups excluding carboxylic acids is 1. The number of methoxy groups -OCH3 is 1. The molecule has 0 radical (unpaired) electrons. The van der Waals surface area contributed by atoms with E-state index in [1.165, 1.54) is 0 Å². The van der Waals surface area contributed by atoms with E-state index in [2.05, 4.69) is 0 Å². The van der Waals surface area contributed by atoms with Gasteiger partial charge in [0.2, 0.25) is 5.91 Å². The van der Waals surface area contributed by atoms with Crippen molar-refractivity contribution in [1.29, 1.82) is 0 Å². The molecule has 0 aromatic heterocycles. The highest BCUT2D eigenvalue weighted by molar-refractivity contribution is 5.75. The van der Waals surface area contributed by atoms with Crippen LogP contribution in [-0.2, 0) is 11.3 Å². The van der Waals surface area contributed by atoms with Crippen molar-refractivity contribution in [3.8, 4) is 5.75 Å². The van der Waals surface area contributed by atoms with Crippen molar-refractivity contribution in [2.75, 3.05) is 20.7 Å². The minimum atomic E-state index is 0.131. The van der Waals surface area contributed by atoms with Crippen LogP contribution in [0.1, 0.15) is 18.4 Å². The van der Waals surface area contributed by atoms with Crippen LogP contribution in [0.25, 0.3) is 0 Å². The number of rotatable bonds is 6. The molecule has 0 atom stereocenters. The minimum Gasteiger partial charge on any atom is -0.497 e. The number of nitrogens with two attached hydrogens (primary N) is 1. The molecular formula is C13H20N2O2. The number of amides is 1. The van der Waals surface area contributed by atoms with Gasteiger partial charge in [-0.1, -0.05) is 12.1 Å². The first-order valence-corrected chi connectivity index (χ1v) is 5.74. The fourth-order valence-corrected chi connectivity index (χ4v) is 1.54. The van der Waals surface area contributed by atoms with Crippen LogP contribution in [0.4, 0.5) is 0 Å². The first-order valence-electron chi connectivity index (χ1n) is 5.74. The van der Waals surface area contributed by atoms with Gasteiger partial charge < -0.3 is 15.4 Å². The summed E-state index contributed by atoms with van der Waals surface area (Å²) in [5.41, 5.74) is 6.47. The van der Waals surface area contributed by atoms with E-state index in [0.29, 0.717) is 19.5 Å². The zero-order valence-electron chi connectivity index (χ0n) is 10.5. The number of benzene rings is 1. The Morgan fingerprint density at radius 3 is 2.53 bits per heavy atom. The predicted molar refractivity (Wildman–Crippen MR) is 67.8 cm³/mol. The first-order chi connectivity index (χ1) is 8.17. The van der Waals surface area contributed by atoms with Gasteiger partial charge in [-0.05, 0) is 30.7 Å². The van der Waals surface area contributed by atoms with Gasteiger partial charge in [-0.2, -0.15) is 0 Å². The van der Waals surface area contributed by atoms with Crippen LogP contribution >= 0.6 is 0 Å². The molecular weight excluding hydrogens is 216 g/mol. The second-order valence-electron chi connectivity index (χ2n) is 3.99. The number of hydrogen-bond donors (Lipinski definition) is 1. The second-order valence-corrected chi connectivity index (χ2v) is 3.99. The maximum absolute atomic E-state index is 11.7. The Morgan fingerprint density at radius 2 is 2.00 bits per heavy atom. The maximum Gasteiger partial charge on any atom is 0.222 e. The summed E-state index contributed by atoms with van der Waals surface area (Å²) in [6.07, 6.45) is 1.26. The number of hydrogen-bond acceptors (Lipinski definition) is 3. The van der Waals surface area contributed by atoms with Crippen LogP contribution in [0.15, 0.2) is 24.3 Å². The van der Waals surface area contributed by atoms with Gasteiger partial charge in [-0.25, -0.2) is 0 Å². The van der Waals surface area contributed by atoms with Gasteiger partial charge in [0.15, 0.2) is 0 Å². The summed E-state index contributed by atoms with van der Waals surface area (Å²) in [4.78, 5) is 13.4. The van der Waals surface area contributed by atoms with E-state index >= 15 is 0 Å². The molecule has 4 heteroatoms. The second kappa shape index (κ2) is 6.91. The summed E-state index contributed by atoms with van der Waals surface area (Å²) >= 11 is 0. The van der Waals surface area contributed by atoms with Crippen molar-refractivity contribution in [3.63, 3.8) is 0 Å². The van der Waals surface area contributed by atoms with Crippen molar-refractivity contribution < 1.29 is 9.53 Å². The van der Waals surface area contributed by atoms with Crippen LogP contribution in [-0.4, -0.2) is 31.5 Å². The minimum absolute atomic E-state index is 0.131. The number of nitrogens with zero attached hydrogens (tertiary/aromatic N) is 1. The summed E-state index contributed by atoms with van der Waals surface area (Å²) in [5.74, 6) is 0.956. The Balaban J connectivity index is 2.49. The molecule has 17 heavy (non-hydrogen) atoms. The molecule has 0 aliphatic carbocycles. The molecule has 0 saturated heterocycles. The van der Waals surface area contributed by atoms with E-state index in [1.807, 2.05) is 31.3 Å². The molecule has 0 bridgehead atoms. The SMILES string of the molecule is COc1ccc(CN(C)C(=O)CCCN)cc1. The van der Waals surface area contributed by atoms with E-state index in [0.717, 1.165) is 17.7 Å². The summed E-state index contributed by atoms with van der Waals surface area (Å²) < 4.78 is 5.08. The molecule has 0 fully saturated rings. The molecule has 1 aromatic rings. The van der Waals surface area contributed by atoms with Crippen LogP contribution in [0, 0.1) is 0 Å². The predicted octanol–water partition coefficient (Wildman–Crippen LogP) is 1.39. The standard InChI is InChI=1S/C13H20N2O2/c1-15(13(16)4-3-9-14)10-11-5-7-12(17-2)8-6-11/h5-8H,3-4,9-10,14H2,1-2H3. The van der Waals surface area contributed by atoms with Crippen molar-refractivity contribution in [2.45, 2.75) is 19.4 Å². The molecule has 0 saturated carbocycles. The number of carbonyl (C=O) groups is 1. The first kappa shape index (κ1) is 13.5. The molecule has 0 spiro atoms. The molecule has 94 valence electrons. The summed E-state index contributed by atoms with van der Waals surface area (Å²) in [6, 6.07) is 7.72. The van der Waals surface area contributed by atoms with Gasteiger partial charge in [-0.3, -0.25) is 4.79 Å². The lowest BCUT2D eigenvalue weighted by Gasteiger charge is -2.17. The Morgan fingerprint density at radius 1 is 1.35 bits per heavy atom. The molecule has 0 aliphatic rings. The van der Waals surface area contributed by atoms with E-state index in [-0.39, 0.29) is 5.91 Å².